The molecule has 0 spiro atoms. The summed E-state index contributed by atoms with van der Waals surface area (Å²) in [6, 6.07) is 8.80. The van der Waals surface area contributed by atoms with Gasteiger partial charge in [-0.2, -0.15) is 0 Å². The number of rotatable bonds is 9. The summed E-state index contributed by atoms with van der Waals surface area (Å²) in [7, 11) is 0. The average Bonchev–Trinajstić information content (AvgIpc) is 2.82. The summed E-state index contributed by atoms with van der Waals surface area (Å²) in [6.45, 7) is 2.55. The molecule has 0 bridgehead atoms. The van der Waals surface area contributed by atoms with E-state index in [4.69, 9.17) is 9.57 Å². The van der Waals surface area contributed by atoms with Crippen molar-refractivity contribution in [1.29, 1.82) is 0 Å². The second kappa shape index (κ2) is 11.8. The Balaban J connectivity index is 1.47. The molecule has 164 valence electrons. The van der Waals surface area contributed by atoms with Crippen molar-refractivity contribution in [2.24, 2.45) is 0 Å². The van der Waals surface area contributed by atoms with Crippen LogP contribution in [0.5, 0.6) is 0 Å². The smallest absolute Gasteiger partial charge is 0.267 e. The Morgan fingerprint density at radius 2 is 2.06 bits per heavy atom. The number of ether oxygens (including phenoxy) is 1. The second-order valence-electron chi connectivity index (χ2n) is 7.00. The van der Waals surface area contributed by atoms with E-state index < -0.39 is 18.2 Å². The van der Waals surface area contributed by atoms with Crippen LogP contribution in [0.1, 0.15) is 38.3 Å². The number of amides is 2. The highest BCUT2D eigenvalue weighted by molar-refractivity contribution is 5.96. The van der Waals surface area contributed by atoms with Gasteiger partial charge in [0.2, 0.25) is 5.91 Å². The van der Waals surface area contributed by atoms with Crippen LogP contribution >= 0.6 is 0 Å². The summed E-state index contributed by atoms with van der Waals surface area (Å²) in [5.41, 5.74) is 3.57. The van der Waals surface area contributed by atoms with Gasteiger partial charge < -0.3 is 15.4 Å². The normalized spacial score (nSPS) is 17.1. The maximum atomic E-state index is 12.5. The van der Waals surface area contributed by atoms with E-state index >= 15 is 0 Å². The molecule has 2 aromatic rings. The number of aromatic nitrogens is 2. The maximum absolute atomic E-state index is 12.5. The number of anilines is 2. The molecule has 3 rings (SSSR count). The zero-order valence-electron chi connectivity index (χ0n) is 17.4. The van der Waals surface area contributed by atoms with E-state index in [0.29, 0.717) is 24.5 Å². The molecule has 0 radical (unpaired) electrons. The molecule has 1 aliphatic rings. The summed E-state index contributed by atoms with van der Waals surface area (Å²) in [6.07, 6.45) is 8.81. The van der Waals surface area contributed by atoms with Crippen LogP contribution in [0.25, 0.3) is 6.08 Å². The lowest BCUT2D eigenvalue weighted by Gasteiger charge is -2.21. The van der Waals surface area contributed by atoms with Gasteiger partial charge in [-0.25, -0.2) is 15.3 Å². The summed E-state index contributed by atoms with van der Waals surface area (Å²) >= 11 is 0. The number of carbonyl (C=O) groups is 2. The molecule has 9 heteroatoms. The predicted octanol–water partition coefficient (Wildman–Crippen LogP) is 2.89. The number of para-hydroxylation sites is 1. The molecule has 1 aromatic heterocycles. The van der Waals surface area contributed by atoms with Crippen LogP contribution < -0.4 is 16.1 Å². The van der Waals surface area contributed by atoms with Gasteiger partial charge in [-0.15, -0.1) is 0 Å². The fourth-order valence-electron chi connectivity index (χ4n) is 2.90. The van der Waals surface area contributed by atoms with Gasteiger partial charge in [0.05, 0.1) is 18.1 Å². The summed E-state index contributed by atoms with van der Waals surface area (Å²) in [4.78, 5) is 38.0. The summed E-state index contributed by atoms with van der Waals surface area (Å²) < 4.78 is 5.38. The quantitative estimate of drug-likeness (QED) is 0.418. The lowest BCUT2D eigenvalue weighted by atomic mass is 10.2. The van der Waals surface area contributed by atoms with E-state index in [0.717, 1.165) is 24.9 Å². The Hall–Kier alpha value is -3.30. The summed E-state index contributed by atoms with van der Waals surface area (Å²) in [5.74, 6) is -0.102. The Morgan fingerprint density at radius 3 is 2.74 bits per heavy atom. The molecule has 9 nitrogen and oxygen atoms in total. The molecule has 2 heterocycles. The van der Waals surface area contributed by atoms with E-state index in [1.54, 1.807) is 0 Å². The average molecular weight is 425 g/mol. The molecule has 3 N–H and O–H groups in total. The first-order valence-corrected chi connectivity index (χ1v) is 10.3. The van der Waals surface area contributed by atoms with Gasteiger partial charge in [0.1, 0.15) is 11.9 Å². The van der Waals surface area contributed by atoms with Crippen molar-refractivity contribution >= 4 is 29.4 Å². The van der Waals surface area contributed by atoms with Crippen LogP contribution in [-0.2, 0) is 19.2 Å². The van der Waals surface area contributed by atoms with Crippen LogP contribution in [0.2, 0.25) is 0 Å². The van der Waals surface area contributed by atoms with Crippen molar-refractivity contribution in [2.75, 3.05) is 17.2 Å². The van der Waals surface area contributed by atoms with Crippen molar-refractivity contribution in [1.82, 2.24) is 15.4 Å². The standard InChI is InChI=1S/C22H27N5O4/c1-2-18(22(29)25-16-8-4-3-5-9-16)26-19-15-23-17(14-24-19)11-12-20(28)27-31-21-10-6-7-13-30-21/h3-5,8-9,11-12,14-15,18,21H,2,6-7,10,13H2,1H3,(H,24,26)(H,25,29)(H,27,28)/b12-11+/t18-,21?/m1/s1. The minimum atomic E-state index is -0.458. The molecule has 1 aromatic carbocycles. The summed E-state index contributed by atoms with van der Waals surface area (Å²) in [5, 5.41) is 5.94. The number of nitrogens with one attached hydrogen (secondary N) is 3. The van der Waals surface area contributed by atoms with Gasteiger partial charge in [-0.3, -0.25) is 14.6 Å². The SMILES string of the molecule is CC[C@@H](Nc1cnc(/C=C/C(=O)NOC2CCCCO2)cn1)C(=O)Nc1ccccc1. The van der Waals surface area contributed by atoms with E-state index in [9.17, 15) is 9.59 Å². The number of hydrogen-bond donors (Lipinski definition) is 3. The van der Waals surface area contributed by atoms with Gasteiger partial charge in [-0.05, 0) is 37.5 Å². The fourth-order valence-corrected chi connectivity index (χ4v) is 2.90. The van der Waals surface area contributed by atoms with E-state index in [1.165, 1.54) is 24.5 Å². The lowest BCUT2D eigenvalue weighted by Crippen LogP contribution is -2.34. The number of carbonyl (C=O) groups excluding carboxylic acids is 2. The van der Waals surface area contributed by atoms with Gasteiger partial charge >= 0.3 is 0 Å². The van der Waals surface area contributed by atoms with Gasteiger partial charge in [0, 0.05) is 24.8 Å². The molecular formula is C22H27N5O4. The molecule has 0 saturated carbocycles. The van der Waals surface area contributed by atoms with Crippen LogP contribution in [0.15, 0.2) is 48.8 Å². The van der Waals surface area contributed by atoms with E-state index in [-0.39, 0.29) is 5.91 Å². The third-order valence-corrected chi connectivity index (χ3v) is 4.59. The Bertz CT molecular complexity index is 867. The molecule has 2 atom stereocenters. The van der Waals surface area contributed by atoms with Crippen molar-refractivity contribution in [2.45, 2.75) is 44.9 Å². The zero-order chi connectivity index (χ0) is 21.9. The highest BCUT2D eigenvalue weighted by Crippen LogP contribution is 2.13. The van der Waals surface area contributed by atoms with Crippen molar-refractivity contribution in [3.8, 4) is 0 Å². The molecular weight excluding hydrogens is 398 g/mol. The fraction of sp³-hybridized carbons (Fsp3) is 0.364. The van der Waals surface area contributed by atoms with Gasteiger partial charge in [0.25, 0.3) is 5.91 Å². The first-order valence-electron chi connectivity index (χ1n) is 10.3. The molecule has 1 fully saturated rings. The molecule has 0 aliphatic carbocycles. The molecule has 1 saturated heterocycles. The monoisotopic (exact) mass is 425 g/mol. The number of hydrogen-bond acceptors (Lipinski definition) is 7. The van der Waals surface area contributed by atoms with Gasteiger partial charge in [-0.1, -0.05) is 25.1 Å². The molecule has 31 heavy (non-hydrogen) atoms. The van der Waals surface area contributed by atoms with Crippen LogP contribution in [0.4, 0.5) is 11.5 Å². The van der Waals surface area contributed by atoms with E-state index in [1.807, 2.05) is 37.3 Å². The first-order chi connectivity index (χ1) is 15.1. The van der Waals surface area contributed by atoms with Crippen molar-refractivity contribution < 1.29 is 19.2 Å². The van der Waals surface area contributed by atoms with Crippen LogP contribution in [-0.4, -0.2) is 40.7 Å². The third-order valence-electron chi connectivity index (χ3n) is 4.59. The first kappa shape index (κ1) is 22.4. The Morgan fingerprint density at radius 1 is 1.23 bits per heavy atom. The van der Waals surface area contributed by atoms with Gasteiger partial charge in [0.15, 0.2) is 6.29 Å². The zero-order valence-corrected chi connectivity index (χ0v) is 17.4. The number of nitrogens with zero attached hydrogens (tertiary/aromatic N) is 2. The molecule has 1 unspecified atom stereocenters. The number of hydroxylamine groups is 1. The predicted molar refractivity (Wildman–Crippen MR) is 117 cm³/mol. The minimum absolute atomic E-state index is 0.155. The minimum Gasteiger partial charge on any atom is -0.357 e. The molecule has 2 amide bonds. The van der Waals surface area contributed by atoms with Crippen molar-refractivity contribution in [3.63, 3.8) is 0 Å². The van der Waals surface area contributed by atoms with Crippen LogP contribution in [0.3, 0.4) is 0 Å². The van der Waals surface area contributed by atoms with E-state index in [2.05, 4.69) is 26.1 Å². The Kier molecular flexibility index (Phi) is 8.50. The number of benzene rings is 1. The Labute approximate surface area is 181 Å². The lowest BCUT2D eigenvalue weighted by molar-refractivity contribution is -0.198. The third kappa shape index (κ3) is 7.47. The van der Waals surface area contributed by atoms with Crippen molar-refractivity contribution in [3.05, 3.63) is 54.5 Å². The molecule has 1 aliphatic heterocycles. The largest absolute Gasteiger partial charge is 0.357 e. The van der Waals surface area contributed by atoms with Crippen LogP contribution in [0, 0.1) is 0 Å². The topological polar surface area (TPSA) is 114 Å². The maximum Gasteiger partial charge on any atom is 0.267 e. The highest BCUT2D eigenvalue weighted by Gasteiger charge is 2.17. The second-order valence-corrected chi connectivity index (χ2v) is 7.00. The highest BCUT2D eigenvalue weighted by atomic mass is 16.8.